The predicted molar refractivity (Wildman–Crippen MR) is 71.3 cm³/mol. The van der Waals surface area contributed by atoms with Crippen molar-refractivity contribution in [3.05, 3.63) is 47.5 Å². The van der Waals surface area contributed by atoms with Crippen LogP contribution in [0, 0.1) is 18.3 Å². The maximum Gasteiger partial charge on any atom is 0.110 e. The van der Waals surface area contributed by atoms with Gasteiger partial charge in [0, 0.05) is 32.4 Å². The molecule has 2 rings (SSSR count). The first-order valence-electron chi connectivity index (χ1n) is 5.91. The molecule has 0 saturated carbocycles. The number of nitriles is 1. The van der Waals surface area contributed by atoms with Gasteiger partial charge in [-0.15, -0.1) is 0 Å². The Morgan fingerprint density at radius 1 is 1.44 bits per heavy atom. The van der Waals surface area contributed by atoms with Crippen LogP contribution in [0.3, 0.4) is 0 Å². The lowest BCUT2D eigenvalue weighted by Crippen LogP contribution is -2.09. The third-order valence-corrected chi connectivity index (χ3v) is 2.88. The van der Waals surface area contributed by atoms with Gasteiger partial charge in [0.15, 0.2) is 0 Å². The van der Waals surface area contributed by atoms with Gasteiger partial charge in [-0.3, -0.25) is 0 Å². The van der Waals surface area contributed by atoms with E-state index in [4.69, 9.17) is 5.26 Å². The lowest BCUT2D eigenvalue weighted by molar-refractivity contribution is 0.789. The summed E-state index contributed by atoms with van der Waals surface area (Å²) in [6.45, 7) is 2.79. The molecular formula is C14H16N4. The van der Waals surface area contributed by atoms with Crippen molar-refractivity contribution in [3.63, 3.8) is 0 Å². The number of aryl methyl sites for hydroxylation is 2. The largest absolute Gasteiger partial charge is 0.384 e. The molecule has 1 aromatic carbocycles. The van der Waals surface area contributed by atoms with Crippen LogP contribution in [0.4, 0.5) is 5.69 Å². The van der Waals surface area contributed by atoms with Gasteiger partial charge in [0.05, 0.1) is 11.3 Å². The lowest BCUT2D eigenvalue weighted by Gasteiger charge is -2.09. The molecule has 0 aliphatic rings. The van der Waals surface area contributed by atoms with Crippen LogP contribution in [0.1, 0.15) is 17.0 Å². The van der Waals surface area contributed by atoms with Crippen molar-refractivity contribution in [1.82, 2.24) is 9.55 Å². The van der Waals surface area contributed by atoms with E-state index < -0.39 is 0 Å². The molecule has 0 amide bonds. The minimum atomic E-state index is 0.681. The van der Waals surface area contributed by atoms with Crippen molar-refractivity contribution in [2.45, 2.75) is 13.3 Å². The topological polar surface area (TPSA) is 53.6 Å². The van der Waals surface area contributed by atoms with Gasteiger partial charge < -0.3 is 9.88 Å². The van der Waals surface area contributed by atoms with E-state index in [1.807, 2.05) is 42.9 Å². The van der Waals surface area contributed by atoms with Crippen LogP contribution in [0.2, 0.25) is 0 Å². The fraction of sp³-hybridized carbons (Fsp3) is 0.286. The van der Waals surface area contributed by atoms with Gasteiger partial charge in [-0.2, -0.15) is 5.26 Å². The molecule has 0 aliphatic heterocycles. The van der Waals surface area contributed by atoms with Gasteiger partial charge in [0.1, 0.15) is 11.9 Å². The number of nitrogens with zero attached hydrogens (tertiary/aromatic N) is 3. The lowest BCUT2D eigenvalue weighted by atomic mass is 10.1. The summed E-state index contributed by atoms with van der Waals surface area (Å²) in [6, 6.07) is 7.98. The average molecular weight is 240 g/mol. The van der Waals surface area contributed by atoms with Crippen LogP contribution < -0.4 is 5.32 Å². The zero-order valence-corrected chi connectivity index (χ0v) is 10.6. The number of anilines is 1. The van der Waals surface area contributed by atoms with Gasteiger partial charge in [-0.05, 0) is 24.6 Å². The molecule has 1 aromatic heterocycles. The van der Waals surface area contributed by atoms with Gasteiger partial charge in [0.2, 0.25) is 0 Å². The Hall–Kier alpha value is -2.28. The molecule has 2 aromatic rings. The first-order valence-corrected chi connectivity index (χ1v) is 5.91. The molecule has 0 unspecified atom stereocenters. The highest BCUT2D eigenvalue weighted by Gasteiger charge is 2.03. The summed E-state index contributed by atoms with van der Waals surface area (Å²) in [7, 11) is 1.98. The Balaban J connectivity index is 2.00. The van der Waals surface area contributed by atoms with Crippen molar-refractivity contribution >= 4 is 5.69 Å². The van der Waals surface area contributed by atoms with E-state index in [0.29, 0.717) is 5.56 Å². The second-order valence-electron chi connectivity index (χ2n) is 4.29. The third-order valence-electron chi connectivity index (χ3n) is 2.88. The normalized spacial score (nSPS) is 10.1. The van der Waals surface area contributed by atoms with E-state index in [2.05, 4.69) is 16.4 Å². The molecule has 0 atom stereocenters. The molecule has 4 nitrogen and oxygen atoms in total. The van der Waals surface area contributed by atoms with Crippen LogP contribution in [0.15, 0.2) is 30.6 Å². The Morgan fingerprint density at radius 2 is 2.28 bits per heavy atom. The monoisotopic (exact) mass is 240 g/mol. The zero-order chi connectivity index (χ0) is 13.0. The fourth-order valence-electron chi connectivity index (χ4n) is 1.85. The van der Waals surface area contributed by atoms with Crippen LogP contribution in [0.5, 0.6) is 0 Å². The third kappa shape index (κ3) is 2.69. The molecule has 0 radical (unpaired) electrons. The van der Waals surface area contributed by atoms with Crippen molar-refractivity contribution in [1.29, 1.82) is 5.26 Å². The van der Waals surface area contributed by atoms with E-state index in [0.717, 1.165) is 30.0 Å². The summed E-state index contributed by atoms with van der Waals surface area (Å²) < 4.78 is 2.00. The molecule has 0 fully saturated rings. The molecular weight excluding hydrogens is 224 g/mol. The van der Waals surface area contributed by atoms with E-state index >= 15 is 0 Å². The van der Waals surface area contributed by atoms with Crippen LogP contribution in [-0.2, 0) is 13.5 Å². The number of hydrogen-bond acceptors (Lipinski definition) is 3. The molecule has 0 aliphatic carbocycles. The standard InChI is InChI=1S/C14H16N4/c1-11-3-4-12(10-15)13(9-11)16-6-5-14-17-7-8-18(14)2/h3-4,7-9,16H,5-6H2,1-2H3. The van der Waals surface area contributed by atoms with Crippen LogP contribution >= 0.6 is 0 Å². The molecule has 92 valence electrons. The van der Waals surface area contributed by atoms with Crippen LogP contribution in [-0.4, -0.2) is 16.1 Å². The Bertz CT molecular complexity index is 578. The number of imidazole rings is 1. The van der Waals surface area contributed by atoms with E-state index in [1.165, 1.54) is 0 Å². The maximum absolute atomic E-state index is 9.03. The van der Waals surface area contributed by atoms with E-state index in [9.17, 15) is 0 Å². The summed E-state index contributed by atoms with van der Waals surface area (Å²) in [4.78, 5) is 4.27. The number of hydrogen-bond donors (Lipinski definition) is 1. The first kappa shape index (κ1) is 12.2. The molecule has 0 saturated heterocycles. The molecule has 18 heavy (non-hydrogen) atoms. The predicted octanol–water partition coefficient (Wildman–Crippen LogP) is 2.25. The van der Waals surface area contributed by atoms with Crippen LogP contribution in [0.25, 0.3) is 0 Å². The van der Waals surface area contributed by atoms with Crippen molar-refractivity contribution < 1.29 is 0 Å². The first-order chi connectivity index (χ1) is 8.70. The fourth-order valence-corrected chi connectivity index (χ4v) is 1.85. The molecule has 1 N–H and O–H groups in total. The van der Waals surface area contributed by atoms with Crippen molar-refractivity contribution in [3.8, 4) is 6.07 Å². The molecule has 0 spiro atoms. The highest BCUT2D eigenvalue weighted by atomic mass is 15.0. The smallest absolute Gasteiger partial charge is 0.110 e. The average Bonchev–Trinajstić information content (AvgIpc) is 2.76. The molecule has 0 bridgehead atoms. The molecule has 1 heterocycles. The van der Waals surface area contributed by atoms with Gasteiger partial charge >= 0.3 is 0 Å². The number of nitrogens with one attached hydrogen (secondary N) is 1. The second-order valence-corrected chi connectivity index (χ2v) is 4.29. The summed E-state index contributed by atoms with van der Waals surface area (Å²) in [5, 5.41) is 12.3. The number of aromatic nitrogens is 2. The summed E-state index contributed by atoms with van der Waals surface area (Å²) in [5.41, 5.74) is 2.72. The van der Waals surface area contributed by atoms with E-state index in [-0.39, 0.29) is 0 Å². The van der Waals surface area contributed by atoms with Gasteiger partial charge in [-0.25, -0.2) is 4.98 Å². The Morgan fingerprint density at radius 3 is 2.94 bits per heavy atom. The number of benzene rings is 1. The van der Waals surface area contributed by atoms with E-state index in [1.54, 1.807) is 6.20 Å². The zero-order valence-electron chi connectivity index (χ0n) is 10.6. The molecule has 4 heteroatoms. The van der Waals surface area contributed by atoms with Gasteiger partial charge in [0.25, 0.3) is 0 Å². The summed E-state index contributed by atoms with van der Waals surface area (Å²) >= 11 is 0. The second kappa shape index (κ2) is 5.37. The Labute approximate surface area is 107 Å². The Kier molecular flexibility index (Phi) is 3.63. The number of rotatable bonds is 4. The summed E-state index contributed by atoms with van der Waals surface area (Å²) in [5.74, 6) is 1.04. The minimum absolute atomic E-state index is 0.681. The van der Waals surface area contributed by atoms with Gasteiger partial charge in [-0.1, -0.05) is 6.07 Å². The highest BCUT2D eigenvalue weighted by Crippen LogP contribution is 2.16. The minimum Gasteiger partial charge on any atom is -0.384 e. The van der Waals surface area contributed by atoms with Crippen molar-refractivity contribution in [2.75, 3.05) is 11.9 Å². The maximum atomic E-state index is 9.03. The summed E-state index contributed by atoms with van der Waals surface area (Å²) in [6.07, 6.45) is 4.56. The quantitative estimate of drug-likeness (QED) is 0.891. The van der Waals surface area contributed by atoms with Crippen molar-refractivity contribution in [2.24, 2.45) is 7.05 Å². The SMILES string of the molecule is Cc1ccc(C#N)c(NCCc2nccn2C)c1. The highest BCUT2D eigenvalue weighted by molar-refractivity contribution is 5.58.